The van der Waals surface area contributed by atoms with Crippen LogP contribution in [0.2, 0.25) is 0 Å². The van der Waals surface area contributed by atoms with Crippen molar-refractivity contribution in [2.75, 3.05) is 0 Å². The second kappa shape index (κ2) is 3.48. The van der Waals surface area contributed by atoms with Gasteiger partial charge in [0.25, 0.3) is 0 Å². The largest absolute Gasteiger partial charge is 0.330 e. The molecule has 0 heterocycles. The third-order valence-electron chi connectivity index (χ3n) is 2.03. The van der Waals surface area contributed by atoms with Gasteiger partial charge in [-0.2, -0.15) is 8.78 Å². The zero-order chi connectivity index (χ0) is 10.9. The first kappa shape index (κ1) is 10.8. The fourth-order valence-electron chi connectivity index (χ4n) is 1.36. The van der Waals surface area contributed by atoms with Crippen LogP contribution in [0, 0.1) is 13.8 Å². The molecule has 1 aromatic rings. The van der Waals surface area contributed by atoms with Crippen molar-refractivity contribution >= 4 is 5.78 Å². The molecule has 0 amide bonds. The highest BCUT2D eigenvalue weighted by molar-refractivity contribution is 5.84. The Labute approximate surface area is 81.7 Å². The van der Waals surface area contributed by atoms with Gasteiger partial charge in [0, 0.05) is 12.5 Å². The number of carbonyl (C=O) groups excluding carboxylic acids is 1. The van der Waals surface area contributed by atoms with Crippen molar-refractivity contribution in [1.82, 2.24) is 0 Å². The van der Waals surface area contributed by atoms with E-state index in [0.717, 1.165) is 18.1 Å². The smallest absolute Gasteiger partial charge is 0.293 e. The van der Waals surface area contributed by atoms with Crippen LogP contribution in [0.5, 0.6) is 0 Å². The van der Waals surface area contributed by atoms with E-state index in [1.807, 2.05) is 0 Å². The molecular formula is C11H12F2O. The first-order chi connectivity index (χ1) is 6.34. The minimum absolute atomic E-state index is 0.220. The first-order valence-electron chi connectivity index (χ1n) is 4.31. The van der Waals surface area contributed by atoms with E-state index in [0.29, 0.717) is 0 Å². The van der Waals surface area contributed by atoms with Crippen LogP contribution in [0.15, 0.2) is 18.2 Å². The predicted molar refractivity (Wildman–Crippen MR) is 50.5 cm³/mol. The zero-order valence-corrected chi connectivity index (χ0v) is 8.40. The van der Waals surface area contributed by atoms with Crippen LogP contribution in [0.25, 0.3) is 0 Å². The molecule has 0 aliphatic rings. The Balaban J connectivity index is 3.25. The summed E-state index contributed by atoms with van der Waals surface area (Å²) in [5, 5.41) is 0. The summed E-state index contributed by atoms with van der Waals surface area (Å²) in [7, 11) is 0. The molecule has 0 N–H and O–H groups in total. The number of aryl methyl sites for hydroxylation is 2. The molecule has 0 fully saturated rings. The summed E-state index contributed by atoms with van der Waals surface area (Å²) in [6.07, 6.45) is 0. The number of alkyl halides is 2. The summed E-state index contributed by atoms with van der Waals surface area (Å²) >= 11 is 0. The van der Waals surface area contributed by atoms with Crippen molar-refractivity contribution < 1.29 is 13.6 Å². The van der Waals surface area contributed by atoms with Gasteiger partial charge < -0.3 is 0 Å². The van der Waals surface area contributed by atoms with Gasteiger partial charge in [0.05, 0.1) is 0 Å². The monoisotopic (exact) mass is 198 g/mol. The highest BCUT2D eigenvalue weighted by Crippen LogP contribution is 2.30. The molecule has 0 spiro atoms. The Hall–Kier alpha value is -1.25. The Bertz CT molecular complexity index is 349. The average Bonchev–Trinajstić information content (AvgIpc) is 2.01. The number of benzene rings is 1. The fourth-order valence-corrected chi connectivity index (χ4v) is 1.36. The van der Waals surface area contributed by atoms with Gasteiger partial charge in [0.15, 0.2) is 0 Å². The lowest BCUT2D eigenvalue weighted by Gasteiger charge is -2.14. The minimum Gasteiger partial charge on any atom is -0.293 e. The molecule has 0 atom stereocenters. The van der Waals surface area contributed by atoms with E-state index in [-0.39, 0.29) is 5.56 Å². The Kier molecular flexibility index (Phi) is 2.69. The fraction of sp³-hybridized carbons (Fsp3) is 0.364. The summed E-state index contributed by atoms with van der Waals surface area (Å²) in [4.78, 5) is 10.7. The SMILES string of the molecule is CC(=O)C(F)(F)c1cc(C)cc(C)c1. The van der Waals surface area contributed by atoms with Gasteiger partial charge in [0.1, 0.15) is 0 Å². The number of ketones is 1. The molecule has 0 unspecified atom stereocenters. The van der Waals surface area contributed by atoms with E-state index in [4.69, 9.17) is 0 Å². The zero-order valence-electron chi connectivity index (χ0n) is 8.40. The average molecular weight is 198 g/mol. The number of Topliss-reactive ketones (excluding diaryl/α,β-unsaturated/α-hetero) is 1. The number of halogens is 2. The first-order valence-corrected chi connectivity index (χ1v) is 4.31. The van der Waals surface area contributed by atoms with Gasteiger partial charge in [-0.1, -0.05) is 17.2 Å². The molecule has 0 aliphatic carbocycles. The number of hydrogen-bond acceptors (Lipinski definition) is 1. The van der Waals surface area contributed by atoms with Crippen molar-refractivity contribution in [3.63, 3.8) is 0 Å². The van der Waals surface area contributed by atoms with Crippen LogP contribution < -0.4 is 0 Å². The van der Waals surface area contributed by atoms with Crippen molar-refractivity contribution in [3.05, 3.63) is 34.9 Å². The highest BCUT2D eigenvalue weighted by Gasteiger charge is 2.37. The predicted octanol–water partition coefficient (Wildman–Crippen LogP) is 2.98. The van der Waals surface area contributed by atoms with Crippen LogP contribution in [-0.4, -0.2) is 5.78 Å². The van der Waals surface area contributed by atoms with E-state index in [2.05, 4.69) is 0 Å². The minimum atomic E-state index is -3.36. The van der Waals surface area contributed by atoms with Gasteiger partial charge in [-0.05, 0) is 26.0 Å². The molecule has 1 aromatic carbocycles. The second-order valence-electron chi connectivity index (χ2n) is 3.51. The molecule has 1 rings (SSSR count). The van der Waals surface area contributed by atoms with Crippen LogP contribution in [0.3, 0.4) is 0 Å². The van der Waals surface area contributed by atoms with Crippen molar-refractivity contribution in [2.45, 2.75) is 26.7 Å². The van der Waals surface area contributed by atoms with Gasteiger partial charge in [0.2, 0.25) is 5.78 Å². The molecule has 76 valence electrons. The van der Waals surface area contributed by atoms with Gasteiger partial charge in [-0.15, -0.1) is 0 Å². The van der Waals surface area contributed by atoms with Crippen molar-refractivity contribution in [1.29, 1.82) is 0 Å². The quantitative estimate of drug-likeness (QED) is 0.714. The van der Waals surface area contributed by atoms with Crippen LogP contribution in [0.1, 0.15) is 23.6 Å². The van der Waals surface area contributed by atoms with E-state index in [1.165, 1.54) is 12.1 Å². The maximum atomic E-state index is 13.3. The van der Waals surface area contributed by atoms with Crippen molar-refractivity contribution in [2.24, 2.45) is 0 Å². The molecular weight excluding hydrogens is 186 g/mol. The van der Waals surface area contributed by atoms with Gasteiger partial charge in [-0.3, -0.25) is 4.79 Å². The molecule has 0 bridgehead atoms. The molecule has 0 radical (unpaired) electrons. The number of carbonyl (C=O) groups is 1. The Morgan fingerprint density at radius 2 is 1.57 bits per heavy atom. The summed E-state index contributed by atoms with van der Waals surface area (Å²) in [6, 6.07) is 4.47. The molecule has 0 aromatic heterocycles. The van der Waals surface area contributed by atoms with E-state index in [1.54, 1.807) is 19.9 Å². The molecule has 14 heavy (non-hydrogen) atoms. The highest BCUT2D eigenvalue weighted by atomic mass is 19.3. The lowest BCUT2D eigenvalue weighted by atomic mass is 10.0. The van der Waals surface area contributed by atoms with Crippen molar-refractivity contribution in [3.8, 4) is 0 Å². The summed E-state index contributed by atoms with van der Waals surface area (Å²) < 4.78 is 26.6. The summed E-state index contributed by atoms with van der Waals surface area (Å²) in [5.74, 6) is -4.49. The summed E-state index contributed by atoms with van der Waals surface area (Å²) in [6.45, 7) is 4.36. The molecule has 3 heteroatoms. The molecule has 1 nitrogen and oxygen atoms in total. The third kappa shape index (κ3) is 1.97. The van der Waals surface area contributed by atoms with E-state index >= 15 is 0 Å². The Morgan fingerprint density at radius 3 is 1.93 bits per heavy atom. The number of rotatable bonds is 2. The van der Waals surface area contributed by atoms with E-state index < -0.39 is 11.7 Å². The topological polar surface area (TPSA) is 17.1 Å². The maximum Gasteiger partial charge on any atom is 0.330 e. The molecule has 0 aliphatic heterocycles. The van der Waals surface area contributed by atoms with Crippen LogP contribution >= 0.6 is 0 Å². The lowest BCUT2D eigenvalue weighted by Crippen LogP contribution is -2.23. The lowest BCUT2D eigenvalue weighted by molar-refractivity contribution is -0.141. The summed E-state index contributed by atoms with van der Waals surface area (Å²) in [5.41, 5.74) is 1.25. The number of hydrogen-bond donors (Lipinski definition) is 0. The third-order valence-corrected chi connectivity index (χ3v) is 2.03. The standard InChI is InChI=1S/C11H12F2O/c1-7-4-8(2)6-10(5-7)11(12,13)9(3)14/h4-6H,1-3H3. The van der Waals surface area contributed by atoms with Gasteiger partial charge in [-0.25, -0.2) is 0 Å². The Morgan fingerprint density at radius 1 is 1.14 bits per heavy atom. The van der Waals surface area contributed by atoms with Gasteiger partial charge >= 0.3 is 5.92 Å². The second-order valence-corrected chi connectivity index (χ2v) is 3.51. The van der Waals surface area contributed by atoms with Crippen LogP contribution in [-0.2, 0) is 10.7 Å². The van der Waals surface area contributed by atoms with E-state index in [9.17, 15) is 13.6 Å². The molecule has 0 saturated carbocycles. The normalized spacial score (nSPS) is 11.5. The molecule has 0 saturated heterocycles. The maximum absolute atomic E-state index is 13.3. The van der Waals surface area contributed by atoms with Crippen LogP contribution in [0.4, 0.5) is 8.78 Å².